The van der Waals surface area contributed by atoms with Crippen molar-refractivity contribution in [1.82, 2.24) is 4.98 Å². The zero-order valence-electron chi connectivity index (χ0n) is 7.98. The van der Waals surface area contributed by atoms with E-state index >= 15 is 0 Å². The van der Waals surface area contributed by atoms with Gasteiger partial charge in [-0.1, -0.05) is 13.8 Å². The van der Waals surface area contributed by atoms with Gasteiger partial charge in [0.1, 0.15) is 0 Å². The summed E-state index contributed by atoms with van der Waals surface area (Å²) in [7, 11) is 1.77. The lowest BCUT2D eigenvalue weighted by atomic mass is 10.3. The van der Waals surface area contributed by atoms with Crippen LogP contribution in [0.5, 0.6) is 0 Å². The zero-order chi connectivity index (χ0) is 9.56. The molecule has 1 aromatic heterocycles. The van der Waals surface area contributed by atoms with Crippen LogP contribution in [0.4, 0.5) is 10.1 Å². The van der Waals surface area contributed by atoms with Gasteiger partial charge in [-0.05, 0) is 13.0 Å². The van der Waals surface area contributed by atoms with Crippen molar-refractivity contribution in [2.75, 3.05) is 12.4 Å². The van der Waals surface area contributed by atoms with E-state index < -0.39 is 5.95 Å². The first kappa shape index (κ1) is 10.9. The van der Waals surface area contributed by atoms with Gasteiger partial charge in [-0.3, -0.25) is 0 Å². The Hall–Kier alpha value is -1.12. The minimum atomic E-state index is -0.404. The molecule has 0 atom stereocenters. The van der Waals surface area contributed by atoms with Crippen molar-refractivity contribution in [2.45, 2.75) is 20.8 Å². The van der Waals surface area contributed by atoms with Crippen LogP contribution < -0.4 is 5.32 Å². The van der Waals surface area contributed by atoms with Gasteiger partial charge >= 0.3 is 0 Å². The quantitative estimate of drug-likeness (QED) is 0.655. The average molecular weight is 170 g/mol. The van der Waals surface area contributed by atoms with E-state index in [1.54, 1.807) is 20.0 Å². The summed E-state index contributed by atoms with van der Waals surface area (Å²) in [4.78, 5) is 3.52. The number of nitrogens with one attached hydrogen (secondary N) is 1. The molecule has 0 fully saturated rings. The molecule has 3 heteroatoms. The third-order valence-electron chi connectivity index (χ3n) is 1.30. The lowest BCUT2D eigenvalue weighted by Gasteiger charge is -1.99. The van der Waals surface area contributed by atoms with E-state index in [1.165, 1.54) is 6.20 Å². The summed E-state index contributed by atoms with van der Waals surface area (Å²) >= 11 is 0. The third-order valence-corrected chi connectivity index (χ3v) is 1.30. The van der Waals surface area contributed by atoms with Crippen molar-refractivity contribution >= 4 is 5.69 Å². The summed E-state index contributed by atoms with van der Waals surface area (Å²) < 4.78 is 12.5. The molecular weight excluding hydrogens is 155 g/mol. The molecule has 0 saturated carbocycles. The highest BCUT2D eigenvalue weighted by atomic mass is 19.1. The Balaban J connectivity index is 0.000000561. The molecule has 0 aliphatic rings. The highest BCUT2D eigenvalue weighted by Crippen LogP contribution is 2.08. The van der Waals surface area contributed by atoms with Crippen molar-refractivity contribution in [3.8, 4) is 0 Å². The van der Waals surface area contributed by atoms with Crippen molar-refractivity contribution in [3.05, 3.63) is 23.8 Å². The van der Waals surface area contributed by atoms with Crippen molar-refractivity contribution in [2.24, 2.45) is 0 Å². The number of nitrogens with zero attached hydrogens (tertiary/aromatic N) is 1. The molecule has 0 amide bonds. The minimum absolute atomic E-state index is 0.404. The monoisotopic (exact) mass is 170 g/mol. The fraction of sp³-hybridized carbons (Fsp3) is 0.444. The number of hydrogen-bond donors (Lipinski definition) is 1. The number of rotatable bonds is 1. The van der Waals surface area contributed by atoms with Crippen LogP contribution in [0, 0.1) is 12.9 Å². The van der Waals surface area contributed by atoms with Gasteiger partial charge in [0.2, 0.25) is 5.95 Å². The second-order valence-electron chi connectivity index (χ2n) is 2.08. The van der Waals surface area contributed by atoms with Gasteiger partial charge in [0.15, 0.2) is 0 Å². The van der Waals surface area contributed by atoms with Gasteiger partial charge in [0.25, 0.3) is 0 Å². The molecule has 0 bridgehead atoms. The van der Waals surface area contributed by atoms with Gasteiger partial charge in [-0.15, -0.1) is 0 Å². The first-order valence-electron chi connectivity index (χ1n) is 4.04. The second-order valence-corrected chi connectivity index (χ2v) is 2.08. The maximum atomic E-state index is 12.5. The van der Waals surface area contributed by atoms with Gasteiger partial charge in [-0.2, -0.15) is 4.39 Å². The predicted octanol–water partition coefficient (Wildman–Crippen LogP) is 2.60. The summed E-state index contributed by atoms with van der Waals surface area (Å²) in [6.07, 6.45) is 1.46. The summed E-state index contributed by atoms with van der Waals surface area (Å²) in [6.45, 7) is 5.68. The fourth-order valence-electron chi connectivity index (χ4n) is 0.695. The number of aryl methyl sites for hydroxylation is 1. The second kappa shape index (κ2) is 5.52. The highest BCUT2D eigenvalue weighted by molar-refractivity contribution is 5.41. The molecule has 1 heterocycles. The van der Waals surface area contributed by atoms with Crippen LogP contribution in [0.25, 0.3) is 0 Å². The Morgan fingerprint density at radius 2 is 2.00 bits per heavy atom. The molecule has 0 saturated heterocycles. The first-order valence-corrected chi connectivity index (χ1v) is 4.04. The Labute approximate surface area is 72.8 Å². The van der Waals surface area contributed by atoms with Crippen LogP contribution in [0.15, 0.2) is 12.3 Å². The van der Waals surface area contributed by atoms with Crippen molar-refractivity contribution in [3.63, 3.8) is 0 Å². The SMILES string of the molecule is CC.CNc1cnc(F)c(C)c1. The molecule has 1 rings (SSSR count). The van der Waals surface area contributed by atoms with Crippen molar-refractivity contribution < 1.29 is 4.39 Å². The lowest BCUT2D eigenvalue weighted by Crippen LogP contribution is -1.93. The molecule has 0 unspecified atom stereocenters. The van der Waals surface area contributed by atoms with E-state index in [2.05, 4.69) is 10.3 Å². The maximum absolute atomic E-state index is 12.5. The zero-order valence-corrected chi connectivity index (χ0v) is 7.98. The topological polar surface area (TPSA) is 24.9 Å². The molecule has 1 aromatic rings. The predicted molar refractivity (Wildman–Crippen MR) is 49.8 cm³/mol. The van der Waals surface area contributed by atoms with E-state index in [-0.39, 0.29) is 0 Å². The summed E-state index contributed by atoms with van der Waals surface area (Å²) in [6, 6.07) is 1.71. The van der Waals surface area contributed by atoms with Crippen LogP contribution in [0.3, 0.4) is 0 Å². The van der Waals surface area contributed by atoms with E-state index in [0.717, 1.165) is 5.69 Å². The highest BCUT2D eigenvalue weighted by Gasteiger charge is 1.96. The molecule has 12 heavy (non-hydrogen) atoms. The molecule has 0 aliphatic carbocycles. The number of pyridine rings is 1. The Morgan fingerprint density at radius 1 is 1.42 bits per heavy atom. The number of anilines is 1. The fourth-order valence-corrected chi connectivity index (χ4v) is 0.695. The lowest BCUT2D eigenvalue weighted by molar-refractivity contribution is 0.575. The van der Waals surface area contributed by atoms with Crippen LogP contribution in [-0.2, 0) is 0 Å². The summed E-state index contributed by atoms with van der Waals surface area (Å²) in [5, 5.41) is 2.87. The minimum Gasteiger partial charge on any atom is -0.387 e. The molecule has 68 valence electrons. The van der Waals surface area contributed by atoms with E-state index in [4.69, 9.17) is 0 Å². The largest absolute Gasteiger partial charge is 0.387 e. The Kier molecular flexibility index (Phi) is 5.00. The summed E-state index contributed by atoms with van der Waals surface area (Å²) in [5.41, 5.74) is 1.39. The molecular formula is C9H15FN2. The maximum Gasteiger partial charge on any atom is 0.215 e. The van der Waals surface area contributed by atoms with Crippen LogP contribution in [-0.4, -0.2) is 12.0 Å². The third kappa shape index (κ3) is 2.86. The van der Waals surface area contributed by atoms with Gasteiger partial charge in [0, 0.05) is 12.6 Å². The van der Waals surface area contributed by atoms with Crippen molar-refractivity contribution in [1.29, 1.82) is 0 Å². The molecule has 2 nitrogen and oxygen atoms in total. The molecule has 0 spiro atoms. The Bertz CT molecular complexity index is 236. The molecule has 0 radical (unpaired) electrons. The van der Waals surface area contributed by atoms with Crippen LogP contribution in [0.1, 0.15) is 19.4 Å². The normalized spacial score (nSPS) is 8.42. The number of hydrogen-bond acceptors (Lipinski definition) is 2. The first-order chi connectivity index (χ1) is 5.74. The number of halogens is 1. The molecule has 1 N–H and O–H groups in total. The van der Waals surface area contributed by atoms with E-state index in [0.29, 0.717) is 5.56 Å². The summed E-state index contributed by atoms with van der Waals surface area (Å²) in [5.74, 6) is -0.404. The van der Waals surface area contributed by atoms with Gasteiger partial charge < -0.3 is 5.32 Å². The average Bonchev–Trinajstić information content (AvgIpc) is 2.13. The van der Waals surface area contributed by atoms with Gasteiger partial charge in [0.05, 0.1) is 11.9 Å². The van der Waals surface area contributed by atoms with E-state index in [1.807, 2.05) is 13.8 Å². The standard InChI is InChI=1S/C7H9FN2.C2H6/c1-5-3-6(9-2)4-10-7(5)8;1-2/h3-4,9H,1-2H3;1-2H3. The van der Waals surface area contributed by atoms with Gasteiger partial charge in [-0.25, -0.2) is 4.98 Å². The molecule has 0 aromatic carbocycles. The van der Waals surface area contributed by atoms with Crippen LogP contribution >= 0.6 is 0 Å². The van der Waals surface area contributed by atoms with Crippen LogP contribution in [0.2, 0.25) is 0 Å². The number of aromatic nitrogens is 1. The Morgan fingerprint density at radius 3 is 2.42 bits per heavy atom. The van der Waals surface area contributed by atoms with E-state index in [9.17, 15) is 4.39 Å². The molecule has 0 aliphatic heterocycles. The smallest absolute Gasteiger partial charge is 0.215 e.